The number of amides is 1. The van der Waals surface area contributed by atoms with Crippen LogP contribution in [0, 0.1) is 0 Å². The van der Waals surface area contributed by atoms with Crippen LogP contribution in [0.5, 0.6) is 0 Å². The minimum absolute atomic E-state index is 0.0114. The molecular formula is C13H14ClNO2. The third-order valence-electron chi connectivity index (χ3n) is 2.42. The van der Waals surface area contributed by atoms with E-state index in [4.69, 9.17) is 16.0 Å². The third-order valence-corrected chi connectivity index (χ3v) is 2.65. The predicted molar refractivity (Wildman–Crippen MR) is 68.2 cm³/mol. The van der Waals surface area contributed by atoms with Gasteiger partial charge >= 0.3 is 0 Å². The summed E-state index contributed by atoms with van der Waals surface area (Å²) >= 11 is 5.93. The first-order valence-electron chi connectivity index (χ1n) is 5.51. The maximum Gasteiger partial charge on any atom is 0.224 e. The van der Waals surface area contributed by atoms with Crippen molar-refractivity contribution < 1.29 is 9.21 Å². The summed E-state index contributed by atoms with van der Waals surface area (Å²) in [4.78, 5) is 11.7. The zero-order valence-electron chi connectivity index (χ0n) is 9.79. The first kappa shape index (κ1) is 12.0. The molecule has 1 heterocycles. The molecule has 90 valence electrons. The molecule has 2 aromatic rings. The summed E-state index contributed by atoms with van der Waals surface area (Å²) < 4.78 is 5.37. The molecule has 0 spiro atoms. The van der Waals surface area contributed by atoms with Crippen LogP contribution >= 0.6 is 11.6 Å². The number of fused-ring (bicyclic) bond motifs is 1. The van der Waals surface area contributed by atoms with Gasteiger partial charge in [-0.2, -0.15) is 0 Å². The van der Waals surface area contributed by atoms with Gasteiger partial charge in [0.25, 0.3) is 0 Å². The summed E-state index contributed by atoms with van der Waals surface area (Å²) in [5.74, 6) is -0.0114. The number of carbonyl (C=O) groups excluding carboxylic acids is 1. The molecule has 0 fully saturated rings. The van der Waals surface area contributed by atoms with E-state index in [2.05, 4.69) is 5.32 Å². The quantitative estimate of drug-likeness (QED) is 0.911. The van der Waals surface area contributed by atoms with Crippen molar-refractivity contribution in [2.45, 2.75) is 26.3 Å². The second kappa shape index (κ2) is 4.80. The van der Waals surface area contributed by atoms with Crippen LogP contribution in [-0.2, 0) is 11.2 Å². The standard InChI is InChI=1S/C13H14ClNO2/c1-8(2)15-13(16)5-9-7-17-12-4-3-10(14)6-11(9)12/h3-4,6-8H,5H2,1-2H3,(H,15,16). The summed E-state index contributed by atoms with van der Waals surface area (Å²) in [6.45, 7) is 3.87. The first-order valence-corrected chi connectivity index (χ1v) is 5.89. The van der Waals surface area contributed by atoms with Gasteiger partial charge in [-0.25, -0.2) is 0 Å². The number of nitrogens with one attached hydrogen (secondary N) is 1. The molecule has 0 saturated carbocycles. The molecule has 0 aliphatic carbocycles. The van der Waals surface area contributed by atoms with Crippen molar-refractivity contribution in [2.75, 3.05) is 0 Å². The fraction of sp³-hybridized carbons (Fsp3) is 0.308. The molecule has 0 aliphatic heterocycles. The molecule has 1 N–H and O–H groups in total. The highest BCUT2D eigenvalue weighted by Gasteiger charge is 2.11. The van der Waals surface area contributed by atoms with Crippen LogP contribution in [0.15, 0.2) is 28.9 Å². The van der Waals surface area contributed by atoms with E-state index in [1.165, 1.54) is 0 Å². The second-order valence-corrected chi connectivity index (χ2v) is 4.74. The lowest BCUT2D eigenvalue weighted by molar-refractivity contribution is -0.120. The highest BCUT2D eigenvalue weighted by atomic mass is 35.5. The molecule has 0 atom stereocenters. The normalized spacial score (nSPS) is 11.1. The van der Waals surface area contributed by atoms with Crippen LogP contribution < -0.4 is 5.32 Å². The molecule has 0 aliphatic rings. The van der Waals surface area contributed by atoms with E-state index in [1.807, 2.05) is 26.0 Å². The molecule has 0 radical (unpaired) electrons. The third kappa shape index (κ3) is 2.80. The average Bonchev–Trinajstić information content (AvgIpc) is 2.60. The molecule has 1 aromatic heterocycles. The Morgan fingerprint density at radius 1 is 1.47 bits per heavy atom. The Morgan fingerprint density at radius 3 is 2.94 bits per heavy atom. The molecule has 17 heavy (non-hydrogen) atoms. The monoisotopic (exact) mass is 251 g/mol. The topological polar surface area (TPSA) is 42.2 Å². The smallest absolute Gasteiger partial charge is 0.224 e. The Morgan fingerprint density at radius 2 is 2.24 bits per heavy atom. The van der Waals surface area contributed by atoms with Gasteiger partial charge in [0.05, 0.1) is 12.7 Å². The first-order chi connectivity index (χ1) is 8.06. The second-order valence-electron chi connectivity index (χ2n) is 4.30. The minimum Gasteiger partial charge on any atom is -0.464 e. The summed E-state index contributed by atoms with van der Waals surface area (Å²) in [7, 11) is 0. The van der Waals surface area contributed by atoms with Gasteiger partial charge in [0, 0.05) is 22.0 Å². The van der Waals surface area contributed by atoms with E-state index in [-0.39, 0.29) is 11.9 Å². The lowest BCUT2D eigenvalue weighted by atomic mass is 10.1. The molecule has 0 bridgehead atoms. The SMILES string of the molecule is CC(C)NC(=O)Cc1coc2ccc(Cl)cc12. The Balaban J connectivity index is 2.24. The van der Waals surface area contributed by atoms with Crippen LogP contribution in [0.2, 0.25) is 5.02 Å². The molecule has 0 saturated heterocycles. The van der Waals surface area contributed by atoms with E-state index in [9.17, 15) is 4.79 Å². The Bertz CT molecular complexity index is 545. The number of hydrogen-bond donors (Lipinski definition) is 1. The fourth-order valence-corrected chi connectivity index (χ4v) is 1.91. The van der Waals surface area contributed by atoms with E-state index in [0.29, 0.717) is 11.4 Å². The Labute approximate surface area is 105 Å². The Kier molecular flexibility index (Phi) is 3.38. The summed E-state index contributed by atoms with van der Waals surface area (Å²) in [5, 5.41) is 4.39. The number of rotatable bonds is 3. The number of hydrogen-bond acceptors (Lipinski definition) is 2. The molecule has 0 unspecified atom stereocenters. The lowest BCUT2D eigenvalue weighted by Gasteiger charge is -2.07. The van der Waals surface area contributed by atoms with Crippen molar-refractivity contribution in [1.82, 2.24) is 5.32 Å². The fourth-order valence-electron chi connectivity index (χ4n) is 1.74. The van der Waals surface area contributed by atoms with Gasteiger partial charge in [0.15, 0.2) is 0 Å². The lowest BCUT2D eigenvalue weighted by Crippen LogP contribution is -2.31. The predicted octanol–water partition coefficient (Wildman–Crippen LogP) is 3.15. The number of furan rings is 1. The van der Waals surface area contributed by atoms with E-state index in [1.54, 1.807) is 12.3 Å². The van der Waals surface area contributed by atoms with Crippen molar-refractivity contribution in [3.63, 3.8) is 0 Å². The van der Waals surface area contributed by atoms with Crippen molar-refractivity contribution in [2.24, 2.45) is 0 Å². The molecule has 4 heteroatoms. The summed E-state index contributed by atoms with van der Waals surface area (Å²) in [6, 6.07) is 5.54. The van der Waals surface area contributed by atoms with Gasteiger partial charge in [-0.1, -0.05) is 11.6 Å². The molecule has 2 rings (SSSR count). The zero-order valence-corrected chi connectivity index (χ0v) is 10.5. The minimum atomic E-state index is -0.0114. The van der Waals surface area contributed by atoms with Crippen LogP contribution in [0.4, 0.5) is 0 Å². The molecule has 1 aromatic carbocycles. The zero-order chi connectivity index (χ0) is 12.4. The maximum absolute atomic E-state index is 11.7. The van der Waals surface area contributed by atoms with Gasteiger partial charge in [-0.15, -0.1) is 0 Å². The van der Waals surface area contributed by atoms with Crippen molar-refractivity contribution in [3.8, 4) is 0 Å². The van der Waals surface area contributed by atoms with E-state index < -0.39 is 0 Å². The van der Waals surface area contributed by atoms with Gasteiger partial charge in [-0.05, 0) is 32.0 Å². The molecule has 3 nitrogen and oxygen atoms in total. The van der Waals surface area contributed by atoms with Crippen molar-refractivity contribution in [3.05, 3.63) is 35.0 Å². The highest BCUT2D eigenvalue weighted by molar-refractivity contribution is 6.31. The van der Waals surface area contributed by atoms with Gasteiger partial charge in [0.2, 0.25) is 5.91 Å². The van der Waals surface area contributed by atoms with E-state index in [0.717, 1.165) is 16.5 Å². The van der Waals surface area contributed by atoms with Crippen molar-refractivity contribution >= 4 is 28.5 Å². The van der Waals surface area contributed by atoms with E-state index >= 15 is 0 Å². The molecular weight excluding hydrogens is 238 g/mol. The largest absolute Gasteiger partial charge is 0.464 e. The van der Waals surface area contributed by atoms with Crippen LogP contribution in [-0.4, -0.2) is 11.9 Å². The number of carbonyl (C=O) groups is 1. The van der Waals surface area contributed by atoms with Crippen LogP contribution in [0.3, 0.4) is 0 Å². The summed E-state index contributed by atoms with van der Waals surface area (Å²) in [5.41, 5.74) is 1.61. The van der Waals surface area contributed by atoms with Crippen LogP contribution in [0.25, 0.3) is 11.0 Å². The number of benzene rings is 1. The maximum atomic E-state index is 11.7. The van der Waals surface area contributed by atoms with Gasteiger partial charge < -0.3 is 9.73 Å². The highest BCUT2D eigenvalue weighted by Crippen LogP contribution is 2.24. The number of halogens is 1. The van der Waals surface area contributed by atoms with Gasteiger partial charge in [0.1, 0.15) is 5.58 Å². The average molecular weight is 252 g/mol. The summed E-state index contributed by atoms with van der Waals surface area (Å²) in [6.07, 6.45) is 1.92. The molecule has 1 amide bonds. The van der Waals surface area contributed by atoms with Crippen molar-refractivity contribution in [1.29, 1.82) is 0 Å². The van der Waals surface area contributed by atoms with Crippen LogP contribution in [0.1, 0.15) is 19.4 Å². The van der Waals surface area contributed by atoms with Gasteiger partial charge in [-0.3, -0.25) is 4.79 Å². The Hall–Kier alpha value is -1.48.